The highest BCUT2D eigenvalue weighted by Gasteiger charge is 2.05. The van der Waals surface area contributed by atoms with Gasteiger partial charge in [-0.15, -0.1) is 0 Å². The first-order valence-corrected chi connectivity index (χ1v) is 7.23. The van der Waals surface area contributed by atoms with Crippen molar-refractivity contribution in [2.45, 2.75) is 13.8 Å². The zero-order valence-corrected chi connectivity index (χ0v) is 12.4. The average molecular weight is 273 g/mol. The quantitative estimate of drug-likeness (QED) is 0.644. The monoisotopic (exact) mass is 273 g/mol. The van der Waals surface area contributed by atoms with E-state index in [2.05, 4.69) is 73.8 Å². The van der Waals surface area contributed by atoms with E-state index in [4.69, 9.17) is 0 Å². The number of rotatable bonds is 3. The topological polar surface area (TPSA) is 12.0 Å². The summed E-state index contributed by atoms with van der Waals surface area (Å²) in [6.07, 6.45) is 0. The molecule has 1 heteroatoms. The van der Waals surface area contributed by atoms with Crippen molar-refractivity contribution in [2.75, 3.05) is 5.32 Å². The molecule has 1 nitrogen and oxygen atoms in total. The summed E-state index contributed by atoms with van der Waals surface area (Å²) in [6.45, 7) is 4.32. The fourth-order valence-electron chi connectivity index (χ4n) is 2.61. The minimum Gasteiger partial charge on any atom is -0.356 e. The third-order valence-corrected chi connectivity index (χ3v) is 3.72. The number of benzene rings is 3. The van der Waals surface area contributed by atoms with Crippen LogP contribution in [0.15, 0.2) is 72.8 Å². The van der Waals surface area contributed by atoms with Gasteiger partial charge in [0.1, 0.15) is 0 Å². The van der Waals surface area contributed by atoms with Gasteiger partial charge in [0.15, 0.2) is 0 Å². The van der Waals surface area contributed by atoms with Crippen molar-refractivity contribution in [1.82, 2.24) is 0 Å². The van der Waals surface area contributed by atoms with Crippen LogP contribution in [0.3, 0.4) is 0 Å². The zero-order chi connectivity index (χ0) is 14.7. The molecule has 0 saturated heterocycles. The lowest BCUT2D eigenvalue weighted by atomic mass is 9.96. The van der Waals surface area contributed by atoms with E-state index in [-0.39, 0.29) is 0 Å². The van der Waals surface area contributed by atoms with Crippen molar-refractivity contribution in [3.05, 3.63) is 83.9 Å². The Bertz CT molecular complexity index is 745. The number of para-hydroxylation sites is 1. The highest BCUT2D eigenvalue weighted by Crippen LogP contribution is 2.29. The van der Waals surface area contributed by atoms with Gasteiger partial charge in [-0.2, -0.15) is 0 Å². The maximum absolute atomic E-state index is 3.44. The molecule has 0 aliphatic rings. The predicted molar refractivity (Wildman–Crippen MR) is 91.1 cm³/mol. The molecule has 0 aromatic heterocycles. The first kappa shape index (κ1) is 13.4. The summed E-state index contributed by atoms with van der Waals surface area (Å²) >= 11 is 0. The first-order chi connectivity index (χ1) is 10.2. The van der Waals surface area contributed by atoms with E-state index in [1.807, 2.05) is 18.2 Å². The molecule has 0 amide bonds. The molecule has 0 bridgehead atoms. The van der Waals surface area contributed by atoms with Crippen LogP contribution in [0.25, 0.3) is 11.1 Å². The van der Waals surface area contributed by atoms with Crippen molar-refractivity contribution < 1.29 is 0 Å². The molecule has 0 heterocycles. The molecule has 104 valence electrons. The van der Waals surface area contributed by atoms with Crippen LogP contribution < -0.4 is 5.32 Å². The minimum absolute atomic E-state index is 1.11. The van der Waals surface area contributed by atoms with Crippen LogP contribution in [0, 0.1) is 13.8 Å². The molecule has 0 radical (unpaired) electrons. The van der Waals surface area contributed by atoms with Crippen molar-refractivity contribution in [2.24, 2.45) is 0 Å². The smallest absolute Gasteiger partial charge is 0.0387 e. The van der Waals surface area contributed by atoms with Gasteiger partial charge >= 0.3 is 0 Å². The van der Waals surface area contributed by atoms with Gasteiger partial charge in [0.05, 0.1) is 0 Å². The second kappa shape index (κ2) is 5.84. The Morgan fingerprint density at radius 3 is 1.95 bits per heavy atom. The molecule has 0 aliphatic carbocycles. The van der Waals surface area contributed by atoms with Gasteiger partial charge in [-0.3, -0.25) is 0 Å². The summed E-state index contributed by atoms with van der Waals surface area (Å²) < 4.78 is 0. The maximum Gasteiger partial charge on any atom is 0.0387 e. The van der Waals surface area contributed by atoms with Crippen LogP contribution >= 0.6 is 0 Å². The van der Waals surface area contributed by atoms with E-state index >= 15 is 0 Å². The van der Waals surface area contributed by atoms with Gasteiger partial charge in [0.2, 0.25) is 0 Å². The number of hydrogen-bond acceptors (Lipinski definition) is 1. The second-order valence-electron chi connectivity index (χ2n) is 5.34. The fourth-order valence-corrected chi connectivity index (χ4v) is 2.61. The van der Waals surface area contributed by atoms with Crippen LogP contribution in [-0.2, 0) is 0 Å². The normalized spacial score (nSPS) is 10.4. The Kier molecular flexibility index (Phi) is 3.74. The molecule has 3 aromatic carbocycles. The standard InChI is InChI=1S/C20H19N/c1-15-8-6-7-11-19(15)20-13-12-18(14-16(20)2)21-17-9-4-3-5-10-17/h3-14,21H,1-2H3. The summed E-state index contributed by atoms with van der Waals surface area (Å²) in [7, 11) is 0. The van der Waals surface area contributed by atoms with E-state index in [1.165, 1.54) is 22.3 Å². The molecule has 0 atom stereocenters. The molecule has 3 aromatic rings. The molecule has 1 N–H and O–H groups in total. The van der Waals surface area contributed by atoms with Crippen LogP contribution in [0.2, 0.25) is 0 Å². The van der Waals surface area contributed by atoms with Crippen LogP contribution in [0.4, 0.5) is 11.4 Å². The zero-order valence-electron chi connectivity index (χ0n) is 12.4. The average Bonchev–Trinajstić information content (AvgIpc) is 2.50. The molecule has 3 rings (SSSR count). The van der Waals surface area contributed by atoms with E-state index in [9.17, 15) is 0 Å². The molecule has 0 aliphatic heterocycles. The van der Waals surface area contributed by atoms with Gasteiger partial charge in [0.25, 0.3) is 0 Å². The van der Waals surface area contributed by atoms with Gasteiger partial charge in [-0.25, -0.2) is 0 Å². The molecule has 0 fully saturated rings. The Labute approximate surface area is 126 Å². The largest absolute Gasteiger partial charge is 0.356 e. The Morgan fingerprint density at radius 2 is 1.24 bits per heavy atom. The Morgan fingerprint density at radius 1 is 0.571 bits per heavy atom. The number of nitrogens with one attached hydrogen (secondary N) is 1. The first-order valence-electron chi connectivity index (χ1n) is 7.23. The highest BCUT2D eigenvalue weighted by molar-refractivity contribution is 5.73. The third-order valence-electron chi connectivity index (χ3n) is 3.72. The van der Waals surface area contributed by atoms with Gasteiger partial charge < -0.3 is 5.32 Å². The number of anilines is 2. The lowest BCUT2D eigenvalue weighted by molar-refractivity contribution is 1.40. The summed E-state index contributed by atoms with van der Waals surface area (Å²) in [5.41, 5.74) is 7.43. The lowest BCUT2D eigenvalue weighted by Gasteiger charge is -2.12. The van der Waals surface area contributed by atoms with Gasteiger partial charge in [0, 0.05) is 11.4 Å². The van der Waals surface area contributed by atoms with Gasteiger partial charge in [-0.1, -0.05) is 48.5 Å². The van der Waals surface area contributed by atoms with Crippen LogP contribution in [0.1, 0.15) is 11.1 Å². The summed E-state index contributed by atoms with van der Waals surface area (Å²) in [4.78, 5) is 0. The van der Waals surface area contributed by atoms with E-state index in [0.717, 1.165) is 11.4 Å². The molecular formula is C20H19N. The molecule has 0 unspecified atom stereocenters. The molecule has 0 spiro atoms. The molecule has 21 heavy (non-hydrogen) atoms. The van der Waals surface area contributed by atoms with Gasteiger partial charge in [-0.05, 0) is 60.4 Å². The van der Waals surface area contributed by atoms with Crippen LogP contribution in [-0.4, -0.2) is 0 Å². The Balaban J connectivity index is 1.92. The SMILES string of the molecule is Cc1ccccc1-c1ccc(Nc2ccccc2)cc1C. The van der Waals surface area contributed by atoms with E-state index < -0.39 is 0 Å². The van der Waals surface area contributed by atoms with E-state index in [0.29, 0.717) is 0 Å². The lowest BCUT2D eigenvalue weighted by Crippen LogP contribution is -1.92. The predicted octanol–water partition coefficient (Wildman–Crippen LogP) is 5.71. The van der Waals surface area contributed by atoms with Crippen molar-refractivity contribution >= 4 is 11.4 Å². The summed E-state index contributed by atoms with van der Waals surface area (Å²) in [5.74, 6) is 0. The second-order valence-corrected chi connectivity index (χ2v) is 5.34. The van der Waals surface area contributed by atoms with Crippen molar-refractivity contribution in [3.63, 3.8) is 0 Å². The third kappa shape index (κ3) is 2.97. The number of aryl methyl sites for hydroxylation is 2. The summed E-state index contributed by atoms with van der Waals surface area (Å²) in [6, 6.07) is 25.3. The number of hydrogen-bond donors (Lipinski definition) is 1. The fraction of sp³-hybridized carbons (Fsp3) is 0.100. The van der Waals surface area contributed by atoms with Crippen LogP contribution in [0.5, 0.6) is 0 Å². The van der Waals surface area contributed by atoms with Crippen molar-refractivity contribution in [1.29, 1.82) is 0 Å². The molecular weight excluding hydrogens is 254 g/mol. The van der Waals surface area contributed by atoms with Crippen molar-refractivity contribution in [3.8, 4) is 11.1 Å². The molecule has 0 saturated carbocycles. The Hall–Kier alpha value is -2.54. The summed E-state index contributed by atoms with van der Waals surface area (Å²) in [5, 5.41) is 3.44. The minimum atomic E-state index is 1.11. The highest BCUT2D eigenvalue weighted by atomic mass is 14.9. The van der Waals surface area contributed by atoms with E-state index in [1.54, 1.807) is 0 Å². The maximum atomic E-state index is 3.44.